The van der Waals surface area contributed by atoms with Crippen LogP contribution in [0.4, 0.5) is 4.39 Å². The standard InChI is InChI=1S/C25H22FN5O3S/c26-19-8-10-20(11-9-19)31-23(18-5-2-1-3-6-18)27-28-25(31)35-17-22(32)29-12-14-30(15-13-29)24(33)21-7-4-16-34-21/h1-11,16H,12-15,17H2. The fourth-order valence-corrected chi connectivity index (χ4v) is 4.75. The van der Waals surface area contributed by atoms with Crippen molar-refractivity contribution >= 4 is 23.6 Å². The number of thioether (sulfide) groups is 1. The minimum atomic E-state index is -0.336. The van der Waals surface area contributed by atoms with E-state index in [0.717, 1.165) is 5.56 Å². The van der Waals surface area contributed by atoms with Gasteiger partial charge in [-0.15, -0.1) is 10.2 Å². The first-order valence-electron chi connectivity index (χ1n) is 11.1. The third-order valence-electron chi connectivity index (χ3n) is 5.73. The summed E-state index contributed by atoms with van der Waals surface area (Å²) in [5.74, 6) is 0.525. The van der Waals surface area contributed by atoms with E-state index in [9.17, 15) is 14.0 Å². The molecule has 0 bridgehead atoms. The number of carbonyl (C=O) groups is 2. The molecule has 2 amide bonds. The summed E-state index contributed by atoms with van der Waals surface area (Å²) in [5, 5.41) is 9.21. The van der Waals surface area contributed by atoms with Gasteiger partial charge in [-0.3, -0.25) is 14.2 Å². The van der Waals surface area contributed by atoms with Crippen LogP contribution in [0.1, 0.15) is 10.6 Å². The Kier molecular flexibility index (Phi) is 6.62. The van der Waals surface area contributed by atoms with Crippen LogP contribution in [0.5, 0.6) is 0 Å². The zero-order valence-corrected chi connectivity index (χ0v) is 19.5. The lowest BCUT2D eigenvalue weighted by atomic mass is 10.2. The molecule has 178 valence electrons. The number of amides is 2. The van der Waals surface area contributed by atoms with E-state index < -0.39 is 0 Å². The van der Waals surface area contributed by atoms with Crippen LogP contribution in [0.2, 0.25) is 0 Å². The zero-order chi connectivity index (χ0) is 24.2. The van der Waals surface area contributed by atoms with Crippen LogP contribution in [-0.2, 0) is 4.79 Å². The number of furan rings is 1. The first kappa shape index (κ1) is 22.9. The van der Waals surface area contributed by atoms with Crippen LogP contribution in [0, 0.1) is 5.82 Å². The molecule has 0 atom stereocenters. The number of hydrogen-bond acceptors (Lipinski definition) is 6. The van der Waals surface area contributed by atoms with Gasteiger partial charge in [0, 0.05) is 37.4 Å². The van der Waals surface area contributed by atoms with E-state index in [1.165, 1.54) is 30.2 Å². The van der Waals surface area contributed by atoms with Gasteiger partial charge in [-0.1, -0.05) is 42.1 Å². The molecule has 1 fully saturated rings. The summed E-state index contributed by atoms with van der Waals surface area (Å²) in [6.07, 6.45) is 1.47. The van der Waals surface area contributed by atoms with Crippen molar-refractivity contribution in [2.24, 2.45) is 0 Å². The predicted octanol–water partition coefficient (Wildman–Crippen LogP) is 3.74. The monoisotopic (exact) mass is 491 g/mol. The Morgan fingerprint density at radius 1 is 0.886 bits per heavy atom. The van der Waals surface area contributed by atoms with E-state index in [0.29, 0.717) is 48.6 Å². The summed E-state index contributed by atoms with van der Waals surface area (Å²) >= 11 is 1.28. The number of nitrogens with zero attached hydrogens (tertiary/aromatic N) is 5. The Hall–Kier alpha value is -3.92. The van der Waals surface area contributed by atoms with Gasteiger partial charge in [0.15, 0.2) is 16.7 Å². The molecule has 10 heteroatoms. The Labute approximate surface area is 205 Å². The third kappa shape index (κ3) is 4.97. The van der Waals surface area contributed by atoms with Gasteiger partial charge in [0.05, 0.1) is 12.0 Å². The second-order valence-electron chi connectivity index (χ2n) is 7.92. The highest BCUT2D eigenvalue weighted by Gasteiger charge is 2.26. The topological polar surface area (TPSA) is 84.5 Å². The van der Waals surface area contributed by atoms with Crippen molar-refractivity contribution < 1.29 is 18.4 Å². The molecule has 0 spiro atoms. The third-order valence-corrected chi connectivity index (χ3v) is 6.64. The molecular formula is C25H22FN5O3S. The molecule has 4 aromatic rings. The lowest BCUT2D eigenvalue weighted by Gasteiger charge is -2.34. The molecule has 3 heterocycles. The molecule has 0 aliphatic carbocycles. The summed E-state index contributed by atoms with van der Waals surface area (Å²) in [6, 6.07) is 19.0. The van der Waals surface area contributed by atoms with E-state index in [1.807, 2.05) is 34.9 Å². The first-order valence-corrected chi connectivity index (χ1v) is 12.1. The van der Waals surface area contributed by atoms with Crippen molar-refractivity contribution in [1.29, 1.82) is 0 Å². The maximum absolute atomic E-state index is 13.5. The van der Waals surface area contributed by atoms with Gasteiger partial charge in [-0.05, 0) is 36.4 Å². The van der Waals surface area contributed by atoms with Crippen molar-refractivity contribution in [3.05, 3.63) is 84.6 Å². The molecule has 0 saturated carbocycles. The van der Waals surface area contributed by atoms with Crippen molar-refractivity contribution in [2.75, 3.05) is 31.9 Å². The number of carbonyl (C=O) groups excluding carboxylic acids is 2. The Morgan fingerprint density at radius 2 is 1.60 bits per heavy atom. The molecule has 1 saturated heterocycles. The zero-order valence-electron chi connectivity index (χ0n) is 18.7. The van der Waals surface area contributed by atoms with E-state index in [4.69, 9.17) is 4.42 Å². The highest BCUT2D eigenvalue weighted by Crippen LogP contribution is 2.28. The molecule has 2 aromatic heterocycles. The molecule has 5 rings (SSSR count). The van der Waals surface area contributed by atoms with Gasteiger partial charge in [0.1, 0.15) is 5.82 Å². The lowest BCUT2D eigenvalue weighted by molar-refractivity contribution is -0.129. The normalized spacial score (nSPS) is 13.7. The van der Waals surface area contributed by atoms with E-state index >= 15 is 0 Å². The molecule has 1 aliphatic heterocycles. The highest BCUT2D eigenvalue weighted by molar-refractivity contribution is 7.99. The summed E-state index contributed by atoms with van der Waals surface area (Å²) in [4.78, 5) is 28.8. The van der Waals surface area contributed by atoms with E-state index in [1.54, 1.807) is 34.1 Å². The highest BCUT2D eigenvalue weighted by atomic mass is 32.2. The second-order valence-corrected chi connectivity index (χ2v) is 8.87. The molecule has 2 aromatic carbocycles. The average Bonchev–Trinajstić information content (AvgIpc) is 3.59. The summed E-state index contributed by atoms with van der Waals surface area (Å²) < 4.78 is 20.6. The summed E-state index contributed by atoms with van der Waals surface area (Å²) in [7, 11) is 0. The summed E-state index contributed by atoms with van der Waals surface area (Å²) in [5.41, 5.74) is 1.56. The van der Waals surface area contributed by atoms with Crippen LogP contribution in [-0.4, -0.2) is 68.3 Å². The van der Waals surface area contributed by atoms with E-state index in [2.05, 4.69) is 10.2 Å². The maximum atomic E-state index is 13.5. The van der Waals surface area contributed by atoms with Crippen LogP contribution in [0.15, 0.2) is 82.6 Å². The Balaban J connectivity index is 1.27. The number of hydrogen-bond donors (Lipinski definition) is 0. The number of aromatic nitrogens is 3. The fraction of sp³-hybridized carbons (Fsp3) is 0.200. The maximum Gasteiger partial charge on any atom is 0.289 e. The molecule has 35 heavy (non-hydrogen) atoms. The quantitative estimate of drug-likeness (QED) is 0.382. The number of rotatable bonds is 6. The van der Waals surface area contributed by atoms with Crippen molar-refractivity contribution in [2.45, 2.75) is 5.16 Å². The van der Waals surface area contributed by atoms with Gasteiger partial charge < -0.3 is 14.2 Å². The SMILES string of the molecule is O=C(CSc1nnc(-c2ccccc2)n1-c1ccc(F)cc1)N1CCN(C(=O)c2ccco2)CC1. The van der Waals surface area contributed by atoms with Crippen LogP contribution >= 0.6 is 11.8 Å². The molecule has 0 N–H and O–H groups in total. The number of piperazine rings is 1. The predicted molar refractivity (Wildman–Crippen MR) is 129 cm³/mol. The van der Waals surface area contributed by atoms with Crippen LogP contribution in [0.25, 0.3) is 17.1 Å². The van der Waals surface area contributed by atoms with Crippen molar-refractivity contribution in [3.8, 4) is 17.1 Å². The van der Waals surface area contributed by atoms with Crippen LogP contribution in [0.3, 0.4) is 0 Å². The summed E-state index contributed by atoms with van der Waals surface area (Å²) in [6.45, 7) is 1.79. The van der Waals surface area contributed by atoms with E-state index in [-0.39, 0.29) is 23.4 Å². The molecule has 1 aliphatic rings. The van der Waals surface area contributed by atoms with Crippen LogP contribution < -0.4 is 0 Å². The Morgan fingerprint density at radius 3 is 2.29 bits per heavy atom. The second kappa shape index (κ2) is 10.1. The smallest absolute Gasteiger partial charge is 0.289 e. The minimum absolute atomic E-state index is 0.0463. The van der Waals surface area contributed by atoms with Gasteiger partial charge in [-0.25, -0.2) is 4.39 Å². The average molecular weight is 492 g/mol. The van der Waals surface area contributed by atoms with Crippen molar-refractivity contribution in [1.82, 2.24) is 24.6 Å². The molecule has 0 unspecified atom stereocenters. The van der Waals surface area contributed by atoms with Gasteiger partial charge in [0.25, 0.3) is 5.91 Å². The van der Waals surface area contributed by atoms with Crippen molar-refractivity contribution in [3.63, 3.8) is 0 Å². The fourth-order valence-electron chi connectivity index (χ4n) is 3.89. The van der Waals surface area contributed by atoms with Gasteiger partial charge in [-0.2, -0.15) is 0 Å². The minimum Gasteiger partial charge on any atom is -0.459 e. The molecular weight excluding hydrogens is 469 g/mol. The molecule has 0 radical (unpaired) electrons. The van der Waals surface area contributed by atoms with Gasteiger partial charge in [0.2, 0.25) is 5.91 Å². The first-order chi connectivity index (χ1) is 17.1. The number of halogens is 1. The Bertz CT molecular complexity index is 1300. The lowest BCUT2D eigenvalue weighted by Crippen LogP contribution is -2.51. The number of benzene rings is 2. The largest absolute Gasteiger partial charge is 0.459 e. The molecule has 8 nitrogen and oxygen atoms in total. The van der Waals surface area contributed by atoms with Gasteiger partial charge >= 0.3 is 0 Å².